The van der Waals surface area contributed by atoms with Crippen molar-refractivity contribution in [2.75, 3.05) is 0 Å². The van der Waals surface area contributed by atoms with Crippen LogP contribution in [0.3, 0.4) is 0 Å². The second-order valence-corrected chi connectivity index (χ2v) is 5.51. The lowest BCUT2D eigenvalue weighted by molar-refractivity contribution is 0.469. The van der Waals surface area contributed by atoms with E-state index in [0.29, 0.717) is 11.3 Å². The van der Waals surface area contributed by atoms with Gasteiger partial charge in [-0.25, -0.2) is 4.21 Å². The Balaban J connectivity index is 2.14. The minimum Gasteiger partial charge on any atom is -0.508 e. The Bertz CT molecular complexity index is 576. The lowest BCUT2D eigenvalue weighted by Gasteiger charge is -2.07. The van der Waals surface area contributed by atoms with E-state index in [1.165, 1.54) is 0 Å². The Labute approximate surface area is 109 Å². The average Bonchev–Trinajstić information content (AvgIpc) is 2.41. The van der Waals surface area contributed by atoms with Crippen LogP contribution >= 0.6 is 0 Å². The monoisotopic (exact) mass is 258 g/mol. The van der Waals surface area contributed by atoms with Crippen LogP contribution in [0, 0.1) is 0 Å². The summed E-state index contributed by atoms with van der Waals surface area (Å²) in [6.07, 6.45) is 0.411. The van der Waals surface area contributed by atoms with Crippen molar-refractivity contribution in [3.8, 4) is 5.75 Å². The molecular weight excluding hydrogens is 244 g/mol. The van der Waals surface area contributed by atoms with Crippen LogP contribution in [0.5, 0.6) is 5.75 Å². The molecule has 2 aromatic carbocycles. The van der Waals surface area contributed by atoms with Crippen LogP contribution in [0.15, 0.2) is 71.0 Å². The molecule has 0 aliphatic heterocycles. The van der Waals surface area contributed by atoms with Crippen LogP contribution in [0.1, 0.15) is 5.56 Å². The maximum absolute atomic E-state index is 12.2. The van der Waals surface area contributed by atoms with Crippen LogP contribution in [-0.4, -0.2) is 9.32 Å². The van der Waals surface area contributed by atoms with Gasteiger partial charge in [-0.2, -0.15) is 0 Å². The molecule has 0 aliphatic carbocycles. The van der Waals surface area contributed by atoms with Gasteiger partial charge in [0.1, 0.15) is 5.75 Å². The Hall–Kier alpha value is -1.87. The molecule has 0 amide bonds. The minimum absolute atomic E-state index is 0.212. The summed E-state index contributed by atoms with van der Waals surface area (Å²) in [5.41, 5.74) is 0.742. The van der Waals surface area contributed by atoms with E-state index < -0.39 is 10.8 Å². The molecule has 18 heavy (non-hydrogen) atoms. The molecule has 0 spiro atoms. The van der Waals surface area contributed by atoms with Crippen LogP contribution in [-0.2, 0) is 17.2 Å². The summed E-state index contributed by atoms with van der Waals surface area (Å²) in [7, 11) is -1.24. The maximum Gasteiger partial charge on any atom is 0.119 e. The molecule has 2 aromatic rings. The van der Waals surface area contributed by atoms with E-state index in [9.17, 15) is 9.32 Å². The van der Waals surface area contributed by atoms with E-state index >= 15 is 0 Å². The molecule has 0 heterocycles. The minimum atomic E-state index is -1.24. The number of hydrogen-bond donors (Lipinski definition) is 1. The quantitative estimate of drug-likeness (QED) is 0.914. The smallest absolute Gasteiger partial charge is 0.119 e. The maximum atomic E-state index is 12.2. The molecule has 1 unspecified atom stereocenters. The third kappa shape index (κ3) is 2.87. The van der Waals surface area contributed by atoms with Gasteiger partial charge in [-0.05, 0) is 23.8 Å². The Kier molecular flexibility index (Phi) is 3.95. The van der Waals surface area contributed by atoms with Crippen molar-refractivity contribution >= 4 is 10.8 Å². The summed E-state index contributed by atoms with van der Waals surface area (Å²) in [5, 5.41) is 9.67. The molecule has 1 atom stereocenters. The fraction of sp³-hybridized carbons (Fsp3) is 0.0667. The zero-order valence-corrected chi connectivity index (χ0v) is 10.7. The Morgan fingerprint density at radius 2 is 1.67 bits per heavy atom. The van der Waals surface area contributed by atoms with Crippen molar-refractivity contribution in [3.63, 3.8) is 0 Å². The molecular formula is C15H14O2S. The lowest BCUT2D eigenvalue weighted by Crippen LogP contribution is -1.98. The van der Waals surface area contributed by atoms with Crippen LogP contribution in [0.2, 0.25) is 0 Å². The zero-order chi connectivity index (χ0) is 13.0. The van der Waals surface area contributed by atoms with E-state index in [1.807, 2.05) is 42.5 Å². The predicted octanol–water partition coefficient (Wildman–Crippen LogP) is 3.26. The predicted molar refractivity (Wildman–Crippen MR) is 73.8 cm³/mol. The Morgan fingerprint density at radius 1 is 1.06 bits per heavy atom. The first-order valence-corrected chi connectivity index (χ1v) is 6.75. The number of phenolic OH excluding ortho intramolecular Hbond substituents is 1. The molecule has 0 radical (unpaired) electrons. The van der Waals surface area contributed by atoms with E-state index in [0.717, 1.165) is 10.5 Å². The average molecular weight is 258 g/mol. The van der Waals surface area contributed by atoms with Gasteiger partial charge in [0.25, 0.3) is 0 Å². The highest BCUT2D eigenvalue weighted by Gasteiger charge is 2.10. The van der Waals surface area contributed by atoms with Crippen LogP contribution in [0.25, 0.3) is 0 Å². The molecule has 0 saturated heterocycles. The van der Waals surface area contributed by atoms with Gasteiger partial charge in [0, 0.05) is 16.2 Å². The van der Waals surface area contributed by atoms with Crippen molar-refractivity contribution < 1.29 is 9.32 Å². The number of aromatic hydroxyl groups is 1. The second-order valence-electron chi connectivity index (χ2n) is 3.93. The number of allylic oxidation sites excluding steroid dienone is 1. The summed E-state index contributed by atoms with van der Waals surface area (Å²) in [4.78, 5) is 1.32. The molecule has 0 saturated carbocycles. The number of rotatable bonds is 4. The molecule has 92 valence electrons. The van der Waals surface area contributed by atoms with Gasteiger partial charge in [0.2, 0.25) is 0 Å². The summed E-state index contributed by atoms with van der Waals surface area (Å²) < 4.78 is 12.2. The molecule has 0 bridgehead atoms. The second kappa shape index (κ2) is 5.65. The third-order valence-electron chi connectivity index (χ3n) is 2.60. The summed E-state index contributed by atoms with van der Waals surface area (Å²) in [6.45, 7) is 3.86. The standard InChI is InChI=1S/C15H14O2S/c1-12(11-13-7-5-6-10-15(13)16)18(17)14-8-3-2-4-9-14/h2-10,16H,1,11H2. The zero-order valence-electron chi connectivity index (χ0n) is 9.87. The first kappa shape index (κ1) is 12.6. The number of para-hydroxylation sites is 1. The van der Waals surface area contributed by atoms with Gasteiger partial charge in [-0.1, -0.05) is 43.0 Å². The summed E-state index contributed by atoms with van der Waals surface area (Å²) >= 11 is 0. The molecule has 0 aliphatic rings. The largest absolute Gasteiger partial charge is 0.508 e. The van der Waals surface area contributed by atoms with Gasteiger partial charge in [-0.3, -0.25) is 0 Å². The highest BCUT2D eigenvalue weighted by Crippen LogP contribution is 2.22. The van der Waals surface area contributed by atoms with E-state index in [1.54, 1.807) is 12.1 Å². The van der Waals surface area contributed by atoms with Gasteiger partial charge >= 0.3 is 0 Å². The third-order valence-corrected chi connectivity index (χ3v) is 3.97. The number of phenols is 1. The van der Waals surface area contributed by atoms with Crippen molar-refractivity contribution in [2.24, 2.45) is 0 Å². The number of hydrogen-bond acceptors (Lipinski definition) is 2. The fourth-order valence-electron chi connectivity index (χ4n) is 1.65. The Morgan fingerprint density at radius 3 is 2.33 bits per heavy atom. The van der Waals surface area contributed by atoms with Gasteiger partial charge in [-0.15, -0.1) is 0 Å². The summed E-state index contributed by atoms with van der Waals surface area (Å²) in [6, 6.07) is 16.2. The van der Waals surface area contributed by atoms with Crippen molar-refractivity contribution in [1.82, 2.24) is 0 Å². The SMILES string of the molecule is C=C(Cc1ccccc1O)S(=O)c1ccccc1. The topological polar surface area (TPSA) is 37.3 Å². The molecule has 0 fully saturated rings. The number of benzene rings is 2. The molecule has 3 heteroatoms. The molecule has 1 N–H and O–H groups in total. The van der Waals surface area contributed by atoms with Crippen molar-refractivity contribution in [1.29, 1.82) is 0 Å². The highest BCUT2D eigenvalue weighted by atomic mass is 32.2. The first-order valence-electron chi connectivity index (χ1n) is 5.60. The first-order chi connectivity index (χ1) is 8.68. The fourth-order valence-corrected chi connectivity index (χ4v) is 2.67. The van der Waals surface area contributed by atoms with Gasteiger partial charge in [0.05, 0.1) is 10.8 Å². The van der Waals surface area contributed by atoms with Crippen molar-refractivity contribution in [3.05, 3.63) is 71.6 Å². The molecule has 2 nitrogen and oxygen atoms in total. The lowest BCUT2D eigenvalue weighted by atomic mass is 10.1. The van der Waals surface area contributed by atoms with Gasteiger partial charge in [0.15, 0.2) is 0 Å². The van der Waals surface area contributed by atoms with Crippen LogP contribution < -0.4 is 0 Å². The van der Waals surface area contributed by atoms with E-state index in [2.05, 4.69) is 6.58 Å². The van der Waals surface area contributed by atoms with E-state index in [-0.39, 0.29) is 5.75 Å². The normalized spacial score (nSPS) is 12.0. The van der Waals surface area contributed by atoms with Crippen molar-refractivity contribution in [2.45, 2.75) is 11.3 Å². The van der Waals surface area contributed by atoms with E-state index in [4.69, 9.17) is 0 Å². The highest BCUT2D eigenvalue weighted by molar-refractivity contribution is 7.89. The summed E-state index contributed by atoms with van der Waals surface area (Å²) in [5.74, 6) is 0.212. The van der Waals surface area contributed by atoms with Crippen LogP contribution in [0.4, 0.5) is 0 Å². The van der Waals surface area contributed by atoms with Gasteiger partial charge < -0.3 is 5.11 Å². The molecule has 2 rings (SSSR count). The molecule has 0 aromatic heterocycles.